The van der Waals surface area contributed by atoms with Crippen LogP contribution in [0.25, 0.3) is 10.8 Å². The molecule has 3 aromatic carbocycles. The smallest absolute Gasteiger partial charge is 0.262 e. The average Bonchev–Trinajstić information content (AvgIpc) is 2.60. The molecule has 0 aromatic heterocycles. The van der Waals surface area contributed by atoms with Crippen molar-refractivity contribution < 1.29 is 14.3 Å². The van der Waals surface area contributed by atoms with E-state index in [4.69, 9.17) is 9.47 Å². The summed E-state index contributed by atoms with van der Waals surface area (Å²) in [6.45, 7) is -0.0591. The van der Waals surface area contributed by atoms with Gasteiger partial charge in [-0.1, -0.05) is 42.5 Å². The third-order valence-electron chi connectivity index (χ3n) is 3.47. The number of benzene rings is 3. The molecule has 116 valence electrons. The molecule has 0 fully saturated rings. The van der Waals surface area contributed by atoms with Crippen molar-refractivity contribution in [1.29, 1.82) is 0 Å². The van der Waals surface area contributed by atoms with Crippen LogP contribution < -0.4 is 14.8 Å². The highest BCUT2D eigenvalue weighted by molar-refractivity contribution is 6.02. The van der Waals surface area contributed by atoms with Crippen LogP contribution in [0.3, 0.4) is 0 Å². The molecule has 0 bridgehead atoms. The van der Waals surface area contributed by atoms with Crippen LogP contribution in [0, 0.1) is 0 Å². The van der Waals surface area contributed by atoms with Gasteiger partial charge in [-0.2, -0.15) is 0 Å². The van der Waals surface area contributed by atoms with E-state index in [-0.39, 0.29) is 12.5 Å². The molecule has 4 nitrogen and oxygen atoms in total. The number of amides is 1. The molecule has 0 saturated carbocycles. The first-order chi connectivity index (χ1) is 11.3. The number of nitrogens with one attached hydrogen (secondary N) is 1. The zero-order chi connectivity index (χ0) is 16.1. The highest BCUT2D eigenvalue weighted by Gasteiger charge is 2.07. The summed E-state index contributed by atoms with van der Waals surface area (Å²) in [5.74, 6) is 1.08. The SMILES string of the molecule is COc1cccc(OCC(=O)Nc2cccc3ccccc23)c1. The Kier molecular flexibility index (Phi) is 4.43. The highest BCUT2D eigenvalue weighted by atomic mass is 16.5. The van der Waals surface area contributed by atoms with E-state index >= 15 is 0 Å². The van der Waals surface area contributed by atoms with E-state index in [9.17, 15) is 4.79 Å². The zero-order valence-corrected chi connectivity index (χ0v) is 12.8. The number of fused-ring (bicyclic) bond motifs is 1. The number of rotatable bonds is 5. The lowest BCUT2D eigenvalue weighted by atomic mass is 10.1. The Morgan fingerprint density at radius 2 is 1.70 bits per heavy atom. The van der Waals surface area contributed by atoms with Crippen molar-refractivity contribution >= 4 is 22.4 Å². The van der Waals surface area contributed by atoms with Crippen LogP contribution in [0.4, 0.5) is 5.69 Å². The minimum atomic E-state index is -0.204. The van der Waals surface area contributed by atoms with Crippen LogP contribution in [-0.4, -0.2) is 19.6 Å². The summed E-state index contributed by atoms with van der Waals surface area (Å²) in [7, 11) is 1.59. The molecular formula is C19H17NO3. The van der Waals surface area contributed by atoms with Gasteiger partial charge >= 0.3 is 0 Å². The number of carbonyl (C=O) groups is 1. The summed E-state index contributed by atoms with van der Waals surface area (Å²) in [5.41, 5.74) is 0.780. The number of methoxy groups -OCH3 is 1. The second-order valence-electron chi connectivity index (χ2n) is 5.04. The first-order valence-electron chi connectivity index (χ1n) is 7.31. The first kappa shape index (κ1) is 14.9. The summed E-state index contributed by atoms with van der Waals surface area (Å²) < 4.78 is 10.6. The van der Waals surface area contributed by atoms with E-state index in [1.54, 1.807) is 19.2 Å². The lowest BCUT2D eigenvalue weighted by Crippen LogP contribution is -2.20. The van der Waals surface area contributed by atoms with Crippen molar-refractivity contribution in [3.05, 3.63) is 66.7 Å². The van der Waals surface area contributed by atoms with Gasteiger partial charge in [-0.25, -0.2) is 0 Å². The summed E-state index contributed by atoms with van der Waals surface area (Å²) in [5, 5.41) is 4.98. The van der Waals surface area contributed by atoms with Crippen molar-refractivity contribution in [3.8, 4) is 11.5 Å². The lowest BCUT2D eigenvalue weighted by molar-refractivity contribution is -0.118. The number of hydrogen-bond acceptors (Lipinski definition) is 3. The Bertz CT molecular complexity index is 824. The fourth-order valence-electron chi connectivity index (χ4n) is 2.36. The number of hydrogen-bond donors (Lipinski definition) is 1. The maximum absolute atomic E-state index is 12.1. The van der Waals surface area contributed by atoms with Gasteiger partial charge in [0.2, 0.25) is 0 Å². The second kappa shape index (κ2) is 6.83. The molecule has 3 aromatic rings. The van der Waals surface area contributed by atoms with Crippen molar-refractivity contribution in [3.63, 3.8) is 0 Å². The minimum Gasteiger partial charge on any atom is -0.497 e. The van der Waals surface area contributed by atoms with Crippen LogP contribution in [0.15, 0.2) is 66.7 Å². The van der Waals surface area contributed by atoms with Gasteiger partial charge in [0.1, 0.15) is 11.5 Å². The molecule has 1 amide bonds. The van der Waals surface area contributed by atoms with Crippen LogP contribution in [0.2, 0.25) is 0 Å². The Labute approximate surface area is 134 Å². The Balaban J connectivity index is 1.67. The fraction of sp³-hybridized carbons (Fsp3) is 0.105. The fourth-order valence-corrected chi connectivity index (χ4v) is 2.36. The second-order valence-corrected chi connectivity index (χ2v) is 5.04. The van der Waals surface area contributed by atoms with Gasteiger partial charge in [-0.15, -0.1) is 0 Å². The van der Waals surface area contributed by atoms with E-state index in [0.29, 0.717) is 11.5 Å². The molecule has 0 aliphatic rings. The van der Waals surface area contributed by atoms with E-state index in [1.165, 1.54) is 0 Å². The lowest BCUT2D eigenvalue weighted by Gasteiger charge is -2.10. The molecule has 1 N–H and O–H groups in total. The van der Waals surface area contributed by atoms with E-state index < -0.39 is 0 Å². The van der Waals surface area contributed by atoms with Gasteiger partial charge < -0.3 is 14.8 Å². The van der Waals surface area contributed by atoms with Gasteiger partial charge in [-0.3, -0.25) is 4.79 Å². The van der Waals surface area contributed by atoms with Crippen molar-refractivity contribution in [2.24, 2.45) is 0 Å². The van der Waals surface area contributed by atoms with Gasteiger partial charge in [0.15, 0.2) is 6.61 Å². The van der Waals surface area contributed by atoms with Gasteiger partial charge in [0.25, 0.3) is 5.91 Å². The molecule has 0 radical (unpaired) electrons. The number of carbonyl (C=O) groups excluding carboxylic acids is 1. The summed E-state index contributed by atoms with van der Waals surface area (Å²) in [6, 6.07) is 20.9. The normalized spacial score (nSPS) is 10.3. The van der Waals surface area contributed by atoms with E-state index in [1.807, 2.05) is 54.6 Å². The quantitative estimate of drug-likeness (QED) is 0.778. The van der Waals surface area contributed by atoms with Crippen molar-refractivity contribution in [2.45, 2.75) is 0 Å². The predicted octanol–water partition coefficient (Wildman–Crippen LogP) is 3.87. The summed E-state index contributed by atoms with van der Waals surface area (Å²) in [4.78, 5) is 12.1. The minimum absolute atomic E-state index is 0.0591. The van der Waals surface area contributed by atoms with E-state index in [2.05, 4.69) is 5.32 Å². The van der Waals surface area contributed by atoms with Crippen molar-refractivity contribution in [1.82, 2.24) is 0 Å². The third-order valence-corrected chi connectivity index (χ3v) is 3.47. The number of anilines is 1. The third kappa shape index (κ3) is 3.61. The zero-order valence-electron chi connectivity index (χ0n) is 12.8. The largest absolute Gasteiger partial charge is 0.497 e. The topological polar surface area (TPSA) is 47.6 Å². The maximum atomic E-state index is 12.1. The van der Waals surface area contributed by atoms with Crippen LogP contribution >= 0.6 is 0 Å². The Hall–Kier alpha value is -3.01. The molecule has 0 heterocycles. The summed E-state index contributed by atoms with van der Waals surface area (Å²) >= 11 is 0. The molecule has 0 aliphatic carbocycles. The van der Waals surface area contributed by atoms with Gasteiger partial charge in [0, 0.05) is 17.1 Å². The summed E-state index contributed by atoms with van der Waals surface area (Å²) in [6.07, 6.45) is 0. The van der Waals surface area contributed by atoms with Crippen LogP contribution in [0.5, 0.6) is 11.5 Å². The maximum Gasteiger partial charge on any atom is 0.262 e. The van der Waals surface area contributed by atoms with E-state index in [0.717, 1.165) is 16.5 Å². The molecular weight excluding hydrogens is 290 g/mol. The Morgan fingerprint density at radius 1 is 0.957 bits per heavy atom. The van der Waals surface area contributed by atoms with Crippen LogP contribution in [-0.2, 0) is 4.79 Å². The molecule has 0 unspecified atom stereocenters. The predicted molar refractivity (Wildman–Crippen MR) is 91.1 cm³/mol. The molecule has 23 heavy (non-hydrogen) atoms. The highest BCUT2D eigenvalue weighted by Crippen LogP contribution is 2.23. The Morgan fingerprint density at radius 3 is 2.57 bits per heavy atom. The standard InChI is InChI=1S/C19H17NO3/c1-22-15-8-5-9-16(12-15)23-13-19(21)20-18-11-4-7-14-6-2-3-10-17(14)18/h2-12H,13H2,1H3,(H,20,21). The van der Waals surface area contributed by atoms with Crippen LogP contribution in [0.1, 0.15) is 0 Å². The average molecular weight is 307 g/mol. The van der Waals surface area contributed by atoms with Crippen molar-refractivity contribution in [2.75, 3.05) is 19.0 Å². The molecule has 0 atom stereocenters. The molecule has 3 rings (SSSR count). The number of ether oxygens (including phenoxy) is 2. The van der Waals surface area contributed by atoms with Gasteiger partial charge in [0.05, 0.1) is 7.11 Å². The van der Waals surface area contributed by atoms with Gasteiger partial charge in [-0.05, 0) is 23.6 Å². The molecule has 4 heteroatoms. The molecule has 0 aliphatic heterocycles. The molecule has 0 saturated heterocycles. The first-order valence-corrected chi connectivity index (χ1v) is 7.31. The molecule has 0 spiro atoms. The monoisotopic (exact) mass is 307 g/mol.